The number of carbonyl (C=O) groups excluding carboxylic acids is 1. The third-order valence-electron chi connectivity index (χ3n) is 6.14. The summed E-state index contributed by atoms with van der Waals surface area (Å²) >= 11 is 1.35. The fourth-order valence-corrected chi connectivity index (χ4v) is 6.47. The molecule has 1 N–H and O–H groups in total. The van der Waals surface area contributed by atoms with Gasteiger partial charge in [0.15, 0.2) is 5.13 Å². The first-order chi connectivity index (χ1) is 17.3. The molecule has 36 heavy (non-hydrogen) atoms. The van der Waals surface area contributed by atoms with E-state index in [0.717, 1.165) is 59.4 Å². The summed E-state index contributed by atoms with van der Waals surface area (Å²) < 4.78 is 27.3. The summed E-state index contributed by atoms with van der Waals surface area (Å²) in [5, 5.41) is 3.34. The van der Waals surface area contributed by atoms with Gasteiger partial charge in [-0.25, -0.2) is 13.4 Å². The number of rotatable bonds is 6. The number of benzene rings is 2. The highest BCUT2D eigenvalue weighted by atomic mass is 32.2. The molecular weight excluding hydrogens is 490 g/mol. The van der Waals surface area contributed by atoms with E-state index in [4.69, 9.17) is 4.98 Å². The van der Waals surface area contributed by atoms with Gasteiger partial charge in [0.1, 0.15) is 4.88 Å². The molecule has 0 radical (unpaired) electrons. The lowest BCUT2D eigenvalue weighted by Crippen LogP contribution is -2.35. The van der Waals surface area contributed by atoms with Crippen molar-refractivity contribution in [3.05, 3.63) is 64.0 Å². The van der Waals surface area contributed by atoms with Crippen LogP contribution in [0.25, 0.3) is 11.3 Å². The van der Waals surface area contributed by atoms with Gasteiger partial charge in [-0.2, -0.15) is 4.31 Å². The van der Waals surface area contributed by atoms with Crippen molar-refractivity contribution in [3.63, 3.8) is 0 Å². The number of amides is 1. The number of nitrogens with zero attached hydrogens (tertiary/aromatic N) is 2. The molecule has 1 saturated heterocycles. The second-order valence-corrected chi connectivity index (χ2v) is 11.9. The molecule has 8 heteroatoms. The Morgan fingerprint density at radius 3 is 2.50 bits per heavy atom. The molecule has 0 bridgehead atoms. The molecule has 3 aromatic rings. The summed E-state index contributed by atoms with van der Waals surface area (Å²) in [7, 11) is -3.54. The molecule has 1 aliphatic rings. The molecule has 6 nitrogen and oxygen atoms in total. The summed E-state index contributed by atoms with van der Waals surface area (Å²) in [5.41, 5.74) is 4.35. The Morgan fingerprint density at radius 1 is 1.08 bits per heavy atom. The molecule has 1 aliphatic heterocycles. The lowest BCUT2D eigenvalue weighted by atomic mass is 10.0. The number of hydrogen-bond donors (Lipinski definition) is 1. The van der Waals surface area contributed by atoms with Gasteiger partial charge in [-0.15, -0.1) is 0 Å². The highest BCUT2D eigenvalue weighted by Gasteiger charge is 2.26. The SMILES string of the molecule is CCCC#Cc1sc(NC(=O)c2ccc(S(=O)(=O)N3CCCCC3)cc2)nc1-c1cc(C)ccc1C. The average Bonchev–Trinajstić information content (AvgIpc) is 3.28. The second-order valence-electron chi connectivity index (χ2n) is 9.01. The molecule has 4 rings (SSSR count). The molecule has 1 amide bonds. The van der Waals surface area contributed by atoms with Crippen LogP contribution in [0.3, 0.4) is 0 Å². The number of carbonyl (C=O) groups is 1. The zero-order chi connectivity index (χ0) is 25.7. The number of thiazole rings is 1. The topological polar surface area (TPSA) is 79.4 Å². The van der Waals surface area contributed by atoms with E-state index in [-0.39, 0.29) is 10.8 Å². The molecule has 2 aromatic carbocycles. The van der Waals surface area contributed by atoms with Crippen molar-refractivity contribution >= 4 is 32.4 Å². The van der Waals surface area contributed by atoms with Crippen molar-refractivity contribution in [2.45, 2.75) is 57.8 Å². The first kappa shape index (κ1) is 26.1. The maximum absolute atomic E-state index is 13.0. The molecule has 188 valence electrons. The Morgan fingerprint density at radius 2 is 1.81 bits per heavy atom. The van der Waals surface area contributed by atoms with Crippen molar-refractivity contribution in [1.82, 2.24) is 9.29 Å². The smallest absolute Gasteiger partial charge is 0.257 e. The molecule has 2 heterocycles. The largest absolute Gasteiger partial charge is 0.298 e. The van der Waals surface area contributed by atoms with Crippen molar-refractivity contribution in [3.8, 4) is 23.1 Å². The Balaban J connectivity index is 1.57. The number of aromatic nitrogens is 1. The fourth-order valence-electron chi connectivity index (χ4n) is 4.10. The Bertz CT molecular complexity index is 1410. The number of anilines is 1. The maximum atomic E-state index is 13.0. The van der Waals surface area contributed by atoms with E-state index in [2.05, 4.69) is 42.3 Å². The Hall–Kier alpha value is -2.99. The first-order valence-electron chi connectivity index (χ1n) is 12.3. The van der Waals surface area contributed by atoms with Gasteiger partial charge in [0.25, 0.3) is 5.91 Å². The maximum Gasteiger partial charge on any atom is 0.257 e. The van der Waals surface area contributed by atoms with E-state index >= 15 is 0 Å². The van der Waals surface area contributed by atoms with Gasteiger partial charge in [-0.1, -0.05) is 54.2 Å². The van der Waals surface area contributed by atoms with Crippen molar-refractivity contribution < 1.29 is 13.2 Å². The van der Waals surface area contributed by atoms with Crippen molar-refractivity contribution in [1.29, 1.82) is 0 Å². The van der Waals surface area contributed by atoms with Gasteiger partial charge >= 0.3 is 0 Å². The lowest BCUT2D eigenvalue weighted by molar-refractivity contribution is 0.102. The number of hydrogen-bond acceptors (Lipinski definition) is 5. The predicted octanol–water partition coefficient (Wildman–Crippen LogP) is 6.01. The Kier molecular flexibility index (Phi) is 8.24. The monoisotopic (exact) mass is 521 g/mol. The zero-order valence-electron chi connectivity index (χ0n) is 20.9. The van der Waals surface area contributed by atoms with Crippen LogP contribution in [0.4, 0.5) is 5.13 Å². The number of sulfonamides is 1. The van der Waals surface area contributed by atoms with Crippen LogP contribution in [-0.4, -0.2) is 36.7 Å². The third kappa shape index (κ3) is 5.86. The predicted molar refractivity (Wildman–Crippen MR) is 146 cm³/mol. The van der Waals surface area contributed by atoms with Crippen LogP contribution < -0.4 is 5.32 Å². The molecular formula is C28H31N3O3S2. The Labute approximate surface area is 217 Å². The van der Waals surface area contributed by atoms with Crippen LogP contribution >= 0.6 is 11.3 Å². The van der Waals surface area contributed by atoms with Crippen LogP contribution in [0.2, 0.25) is 0 Å². The molecule has 1 fully saturated rings. The summed E-state index contributed by atoms with van der Waals surface area (Å²) in [6.45, 7) is 7.24. The highest BCUT2D eigenvalue weighted by Crippen LogP contribution is 2.33. The van der Waals surface area contributed by atoms with E-state index in [9.17, 15) is 13.2 Å². The summed E-state index contributed by atoms with van der Waals surface area (Å²) in [6, 6.07) is 12.3. The fraction of sp³-hybridized carbons (Fsp3) is 0.357. The van der Waals surface area contributed by atoms with Crippen LogP contribution in [0.15, 0.2) is 47.4 Å². The van der Waals surface area contributed by atoms with Crippen molar-refractivity contribution in [2.24, 2.45) is 0 Å². The lowest BCUT2D eigenvalue weighted by Gasteiger charge is -2.25. The second kappa shape index (κ2) is 11.4. The van der Waals surface area contributed by atoms with Gasteiger partial charge in [-0.05, 0) is 69.0 Å². The van der Waals surface area contributed by atoms with Gasteiger partial charge in [-0.3, -0.25) is 10.1 Å². The van der Waals surface area contributed by atoms with Gasteiger partial charge in [0, 0.05) is 30.6 Å². The van der Waals surface area contributed by atoms with E-state index < -0.39 is 10.0 Å². The highest BCUT2D eigenvalue weighted by molar-refractivity contribution is 7.89. The normalized spacial score (nSPS) is 14.2. The van der Waals surface area contributed by atoms with E-state index in [1.54, 1.807) is 12.1 Å². The minimum atomic E-state index is -3.54. The number of unbranched alkanes of at least 4 members (excludes halogenated alkanes) is 1. The molecule has 0 atom stereocenters. The van der Waals surface area contributed by atoms with Gasteiger partial charge in [0.2, 0.25) is 10.0 Å². The summed E-state index contributed by atoms with van der Waals surface area (Å²) in [4.78, 5) is 18.7. The van der Waals surface area contributed by atoms with Gasteiger partial charge < -0.3 is 0 Å². The average molecular weight is 522 g/mol. The van der Waals surface area contributed by atoms with Crippen molar-refractivity contribution in [2.75, 3.05) is 18.4 Å². The van der Waals surface area contributed by atoms with Crippen LogP contribution in [0, 0.1) is 25.7 Å². The third-order valence-corrected chi connectivity index (χ3v) is 8.94. The minimum Gasteiger partial charge on any atom is -0.298 e. The van der Waals surface area contributed by atoms with E-state index in [0.29, 0.717) is 23.8 Å². The van der Waals surface area contributed by atoms with Crippen LogP contribution in [0.1, 0.15) is 65.4 Å². The van der Waals surface area contributed by atoms with Gasteiger partial charge in [0.05, 0.1) is 10.6 Å². The van der Waals surface area contributed by atoms with Crippen LogP contribution in [-0.2, 0) is 10.0 Å². The zero-order valence-corrected chi connectivity index (χ0v) is 22.6. The molecule has 1 aromatic heterocycles. The molecule has 0 saturated carbocycles. The standard InChI is InChI=1S/C28H31N3O3S2/c1-4-5-7-10-25-26(24-19-20(2)11-12-21(24)3)29-28(35-25)30-27(32)22-13-15-23(16-14-22)36(33,34)31-17-8-6-9-18-31/h11-16,19H,4-6,8-9,17-18H2,1-3H3,(H,29,30,32). The number of aryl methyl sites for hydroxylation is 2. The summed E-state index contributed by atoms with van der Waals surface area (Å²) in [6.07, 6.45) is 4.57. The van der Waals surface area contributed by atoms with E-state index in [1.807, 2.05) is 13.8 Å². The minimum absolute atomic E-state index is 0.209. The van der Waals surface area contributed by atoms with E-state index in [1.165, 1.54) is 27.8 Å². The molecule has 0 spiro atoms. The molecule has 0 unspecified atom stereocenters. The number of nitrogens with one attached hydrogen (secondary N) is 1. The van der Waals surface area contributed by atoms with Crippen LogP contribution in [0.5, 0.6) is 0 Å². The summed E-state index contributed by atoms with van der Waals surface area (Å²) in [5.74, 6) is 6.08. The molecule has 0 aliphatic carbocycles. The number of piperidine rings is 1. The first-order valence-corrected chi connectivity index (χ1v) is 14.5. The quantitative estimate of drug-likeness (QED) is 0.403.